The first-order valence-electron chi connectivity index (χ1n) is 8.48. The SMILES string of the molecule is Cc1[nH]c(SCc2nc(-c3cccc(Cl)c3)no2)nc1Cc1ccccc1. The van der Waals surface area contributed by atoms with E-state index < -0.39 is 0 Å². The molecule has 136 valence electrons. The summed E-state index contributed by atoms with van der Waals surface area (Å²) in [5.41, 5.74) is 4.20. The Hall–Kier alpha value is -2.57. The molecular formula is C20H17ClN4OS. The van der Waals surface area contributed by atoms with Gasteiger partial charge in [0.2, 0.25) is 11.7 Å². The number of H-pyrrole nitrogens is 1. The smallest absolute Gasteiger partial charge is 0.237 e. The fourth-order valence-electron chi connectivity index (χ4n) is 2.69. The van der Waals surface area contributed by atoms with Gasteiger partial charge in [0, 0.05) is 22.7 Å². The number of rotatable bonds is 6. The second-order valence-corrected chi connectivity index (χ2v) is 7.49. The zero-order valence-corrected chi connectivity index (χ0v) is 16.2. The lowest BCUT2D eigenvalue weighted by molar-refractivity contribution is 0.391. The first kappa shape index (κ1) is 17.8. The molecule has 27 heavy (non-hydrogen) atoms. The summed E-state index contributed by atoms with van der Waals surface area (Å²) >= 11 is 7.56. The predicted molar refractivity (Wildman–Crippen MR) is 107 cm³/mol. The molecule has 2 aromatic carbocycles. The van der Waals surface area contributed by atoms with E-state index >= 15 is 0 Å². The van der Waals surface area contributed by atoms with Crippen molar-refractivity contribution < 1.29 is 4.52 Å². The van der Waals surface area contributed by atoms with Gasteiger partial charge >= 0.3 is 0 Å². The number of aromatic amines is 1. The molecule has 0 aliphatic carbocycles. The van der Waals surface area contributed by atoms with Crippen molar-refractivity contribution in [2.45, 2.75) is 24.3 Å². The van der Waals surface area contributed by atoms with Crippen LogP contribution < -0.4 is 0 Å². The molecule has 0 bridgehead atoms. The largest absolute Gasteiger partial charge is 0.338 e. The molecule has 0 amide bonds. The Morgan fingerprint density at radius 1 is 1.07 bits per heavy atom. The molecule has 0 saturated heterocycles. The van der Waals surface area contributed by atoms with Crippen molar-refractivity contribution >= 4 is 23.4 Å². The highest BCUT2D eigenvalue weighted by atomic mass is 35.5. The highest BCUT2D eigenvalue weighted by Crippen LogP contribution is 2.24. The molecule has 0 spiro atoms. The van der Waals surface area contributed by atoms with Crippen LogP contribution >= 0.6 is 23.4 Å². The number of aryl methyl sites for hydroxylation is 1. The first-order chi connectivity index (χ1) is 13.2. The second kappa shape index (κ2) is 7.98. The molecule has 0 fully saturated rings. The van der Waals surface area contributed by atoms with Crippen LogP contribution in [-0.2, 0) is 12.2 Å². The Bertz CT molecular complexity index is 1050. The van der Waals surface area contributed by atoms with Gasteiger partial charge in [0.1, 0.15) is 0 Å². The zero-order chi connectivity index (χ0) is 18.6. The van der Waals surface area contributed by atoms with Crippen molar-refractivity contribution in [1.82, 2.24) is 20.1 Å². The third-order valence-corrected chi connectivity index (χ3v) is 5.15. The quantitative estimate of drug-likeness (QED) is 0.447. The molecular weight excluding hydrogens is 380 g/mol. The molecule has 2 heterocycles. The molecule has 2 aromatic heterocycles. The maximum atomic E-state index is 6.02. The Morgan fingerprint density at radius 2 is 1.93 bits per heavy atom. The first-order valence-corrected chi connectivity index (χ1v) is 9.84. The number of halogens is 1. The van der Waals surface area contributed by atoms with E-state index in [1.54, 1.807) is 11.8 Å². The lowest BCUT2D eigenvalue weighted by Gasteiger charge is -1.98. The topological polar surface area (TPSA) is 67.6 Å². The number of nitrogens with one attached hydrogen (secondary N) is 1. The normalized spacial score (nSPS) is 11.0. The molecule has 1 N–H and O–H groups in total. The monoisotopic (exact) mass is 396 g/mol. The molecule has 0 unspecified atom stereocenters. The van der Waals surface area contributed by atoms with Gasteiger partial charge in [0.05, 0.1) is 11.4 Å². The highest BCUT2D eigenvalue weighted by molar-refractivity contribution is 7.98. The third-order valence-electron chi connectivity index (χ3n) is 4.06. The van der Waals surface area contributed by atoms with Gasteiger partial charge in [-0.2, -0.15) is 4.98 Å². The average Bonchev–Trinajstić information content (AvgIpc) is 3.28. The molecule has 5 nitrogen and oxygen atoms in total. The fourth-order valence-corrected chi connectivity index (χ4v) is 3.65. The average molecular weight is 397 g/mol. The van der Waals surface area contributed by atoms with Crippen LogP contribution in [0.25, 0.3) is 11.4 Å². The van der Waals surface area contributed by atoms with Gasteiger partial charge in [-0.3, -0.25) is 0 Å². The molecule has 0 saturated carbocycles. The highest BCUT2D eigenvalue weighted by Gasteiger charge is 2.12. The second-order valence-electron chi connectivity index (χ2n) is 6.09. The van der Waals surface area contributed by atoms with Crippen LogP contribution in [0.5, 0.6) is 0 Å². The lowest BCUT2D eigenvalue weighted by atomic mass is 10.1. The van der Waals surface area contributed by atoms with Crippen LogP contribution in [0.15, 0.2) is 64.3 Å². The molecule has 7 heteroatoms. The molecule has 0 aliphatic heterocycles. The van der Waals surface area contributed by atoms with Crippen LogP contribution in [0.1, 0.15) is 22.8 Å². The Labute approximate surface area is 166 Å². The summed E-state index contributed by atoms with van der Waals surface area (Å²) in [6, 6.07) is 17.7. The van der Waals surface area contributed by atoms with E-state index in [2.05, 4.69) is 27.3 Å². The summed E-state index contributed by atoms with van der Waals surface area (Å²) in [6.45, 7) is 2.04. The lowest BCUT2D eigenvalue weighted by Crippen LogP contribution is -1.90. The Kier molecular flexibility index (Phi) is 5.27. The summed E-state index contributed by atoms with van der Waals surface area (Å²) < 4.78 is 5.35. The number of aromatic nitrogens is 4. The minimum absolute atomic E-state index is 0.536. The molecule has 4 aromatic rings. The Morgan fingerprint density at radius 3 is 2.74 bits per heavy atom. The van der Waals surface area contributed by atoms with Crippen LogP contribution in [0, 0.1) is 6.92 Å². The van der Waals surface area contributed by atoms with E-state index in [1.165, 1.54) is 5.56 Å². The van der Waals surface area contributed by atoms with E-state index in [1.807, 2.05) is 49.4 Å². The van der Waals surface area contributed by atoms with E-state index in [0.717, 1.165) is 28.5 Å². The standard InChI is InChI=1S/C20H17ClN4OS/c1-13-17(10-14-6-3-2-4-7-14)23-20(22-13)27-12-18-24-19(25-26-18)15-8-5-9-16(21)11-15/h2-9,11H,10,12H2,1H3,(H,22,23). The predicted octanol–water partition coefficient (Wildman–Crippen LogP) is 5.30. The van der Waals surface area contributed by atoms with Crippen molar-refractivity contribution in [1.29, 1.82) is 0 Å². The third kappa shape index (κ3) is 4.40. The molecule has 0 atom stereocenters. The number of imidazole rings is 1. The minimum atomic E-state index is 0.536. The molecule has 4 rings (SSSR count). The molecule has 0 radical (unpaired) electrons. The number of nitrogens with zero attached hydrogens (tertiary/aromatic N) is 3. The van der Waals surface area contributed by atoms with E-state index in [-0.39, 0.29) is 0 Å². The van der Waals surface area contributed by atoms with E-state index in [0.29, 0.717) is 22.5 Å². The van der Waals surface area contributed by atoms with Crippen LogP contribution in [0.3, 0.4) is 0 Å². The van der Waals surface area contributed by atoms with Crippen molar-refractivity contribution in [2.24, 2.45) is 0 Å². The van der Waals surface area contributed by atoms with Crippen LogP contribution in [0.4, 0.5) is 0 Å². The zero-order valence-electron chi connectivity index (χ0n) is 14.6. The van der Waals surface area contributed by atoms with E-state index in [9.17, 15) is 0 Å². The van der Waals surface area contributed by atoms with E-state index in [4.69, 9.17) is 21.1 Å². The molecule has 0 aliphatic rings. The van der Waals surface area contributed by atoms with Gasteiger partial charge in [0.25, 0.3) is 0 Å². The van der Waals surface area contributed by atoms with Gasteiger partial charge in [-0.05, 0) is 24.6 Å². The van der Waals surface area contributed by atoms with Crippen LogP contribution in [-0.4, -0.2) is 20.1 Å². The van der Waals surface area contributed by atoms with Crippen molar-refractivity contribution in [3.63, 3.8) is 0 Å². The summed E-state index contributed by atoms with van der Waals surface area (Å²) in [5.74, 6) is 1.63. The maximum Gasteiger partial charge on any atom is 0.237 e. The number of hydrogen-bond acceptors (Lipinski definition) is 5. The van der Waals surface area contributed by atoms with Gasteiger partial charge in [-0.25, -0.2) is 4.98 Å². The summed E-state index contributed by atoms with van der Waals surface area (Å²) in [4.78, 5) is 12.5. The van der Waals surface area contributed by atoms with Crippen molar-refractivity contribution in [2.75, 3.05) is 0 Å². The number of benzene rings is 2. The van der Waals surface area contributed by atoms with Gasteiger partial charge in [-0.1, -0.05) is 71.0 Å². The fraction of sp³-hybridized carbons (Fsp3) is 0.150. The van der Waals surface area contributed by atoms with Crippen LogP contribution in [0.2, 0.25) is 5.02 Å². The van der Waals surface area contributed by atoms with Crippen molar-refractivity contribution in [3.8, 4) is 11.4 Å². The van der Waals surface area contributed by atoms with Crippen molar-refractivity contribution in [3.05, 3.63) is 82.5 Å². The Balaban J connectivity index is 1.41. The minimum Gasteiger partial charge on any atom is -0.338 e. The van der Waals surface area contributed by atoms with Gasteiger partial charge in [-0.15, -0.1) is 0 Å². The summed E-state index contributed by atoms with van der Waals surface area (Å²) in [5, 5.41) is 5.52. The van der Waals surface area contributed by atoms with Gasteiger partial charge < -0.3 is 9.51 Å². The van der Waals surface area contributed by atoms with Gasteiger partial charge in [0.15, 0.2) is 5.16 Å². The number of hydrogen-bond donors (Lipinski definition) is 1. The summed E-state index contributed by atoms with van der Waals surface area (Å²) in [6.07, 6.45) is 0.809. The maximum absolute atomic E-state index is 6.02. The summed E-state index contributed by atoms with van der Waals surface area (Å²) in [7, 11) is 0. The number of thioether (sulfide) groups is 1.